The average Bonchev–Trinajstić information content (AvgIpc) is 2.77. The standard InChI is InChI=1S/C13H18N4O3S/c1-4-20-11(18)10-9(16-12(19)17-10)6-21-13-14-7(2)5-8(3)15-13/h5,9-10H,4,6H2,1-3H3,(H2,16,17,19). The lowest BCUT2D eigenvalue weighted by atomic mass is 10.2. The number of aryl methyl sites for hydroxylation is 2. The number of nitrogens with one attached hydrogen (secondary N) is 2. The number of urea groups is 1. The third-order valence-electron chi connectivity index (χ3n) is 2.90. The normalized spacial score (nSPS) is 20.8. The molecule has 0 aromatic carbocycles. The number of ether oxygens (including phenoxy) is 1. The van der Waals surface area contributed by atoms with Crippen LogP contribution in [0, 0.1) is 13.8 Å². The van der Waals surface area contributed by atoms with Crippen molar-refractivity contribution in [3.8, 4) is 0 Å². The van der Waals surface area contributed by atoms with E-state index in [1.54, 1.807) is 6.92 Å². The molecule has 0 spiro atoms. The molecule has 0 bridgehead atoms. The molecule has 2 atom stereocenters. The maximum Gasteiger partial charge on any atom is 0.330 e. The molecule has 8 heteroatoms. The SMILES string of the molecule is CCOC(=O)C1NC(=O)NC1CSc1nc(C)cc(C)n1. The topological polar surface area (TPSA) is 93.2 Å². The van der Waals surface area contributed by atoms with Gasteiger partial charge >= 0.3 is 12.0 Å². The van der Waals surface area contributed by atoms with Crippen LogP contribution in [0.2, 0.25) is 0 Å². The maximum atomic E-state index is 11.8. The van der Waals surface area contributed by atoms with Gasteiger partial charge in [-0.2, -0.15) is 0 Å². The van der Waals surface area contributed by atoms with E-state index in [0.717, 1.165) is 11.4 Å². The minimum absolute atomic E-state index is 0.283. The first-order chi connectivity index (χ1) is 9.99. The molecule has 0 saturated carbocycles. The van der Waals surface area contributed by atoms with Crippen molar-refractivity contribution >= 4 is 23.8 Å². The second kappa shape index (κ2) is 6.75. The molecule has 2 rings (SSSR count). The second-order valence-electron chi connectivity index (χ2n) is 4.70. The molecule has 7 nitrogen and oxygen atoms in total. The summed E-state index contributed by atoms with van der Waals surface area (Å²) >= 11 is 1.40. The Balaban J connectivity index is 2.00. The molecule has 1 fully saturated rings. The van der Waals surface area contributed by atoms with E-state index in [0.29, 0.717) is 10.9 Å². The van der Waals surface area contributed by atoms with E-state index in [2.05, 4.69) is 20.6 Å². The molecule has 21 heavy (non-hydrogen) atoms. The maximum absolute atomic E-state index is 11.8. The molecule has 114 valence electrons. The van der Waals surface area contributed by atoms with Crippen molar-refractivity contribution in [3.63, 3.8) is 0 Å². The lowest BCUT2D eigenvalue weighted by Gasteiger charge is -2.16. The summed E-state index contributed by atoms with van der Waals surface area (Å²) in [6.07, 6.45) is 0. The lowest BCUT2D eigenvalue weighted by Crippen LogP contribution is -2.43. The van der Waals surface area contributed by atoms with Crippen molar-refractivity contribution < 1.29 is 14.3 Å². The van der Waals surface area contributed by atoms with Gasteiger partial charge in [-0.3, -0.25) is 0 Å². The summed E-state index contributed by atoms with van der Waals surface area (Å²) in [6, 6.07) is 0.520. The number of hydrogen-bond donors (Lipinski definition) is 2. The highest BCUT2D eigenvalue weighted by atomic mass is 32.2. The molecule has 2 unspecified atom stereocenters. The van der Waals surface area contributed by atoms with E-state index < -0.39 is 12.0 Å². The van der Waals surface area contributed by atoms with Gasteiger partial charge in [-0.1, -0.05) is 11.8 Å². The van der Waals surface area contributed by atoms with Crippen LogP contribution in [0.15, 0.2) is 11.2 Å². The fourth-order valence-corrected chi connectivity index (χ4v) is 3.07. The summed E-state index contributed by atoms with van der Waals surface area (Å²) in [7, 11) is 0. The Morgan fingerprint density at radius 3 is 2.62 bits per heavy atom. The molecule has 1 aliphatic heterocycles. The van der Waals surface area contributed by atoms with E-state index in [1.165, 1.54) is 11.8 Å². The number of thioether (sulfide) groups is 1. The predicted octanol–water partition coefficient (Wildman–Crippen LogP) is 0.799. The van der Waals surface area contributed by atoms with Crippen LogP contribution < -0.4 is 10.6 Å². The van der Waals surface area contributed by atoms with Gasteiger partial charge in [0.05, 0.1) is 12.6 Å². The molecule has 1 aromatic heterocycles. The minimum Gasteiger partial charge on any atom is -0.464 e. The summed E-state index contributed by atoms with van der Waals surface area (Å²) in [5, 5.41) is 5.92. The Hall–Kier alpha value is -1.83. The molecule has 1 aliphatic rings. The third-order valence-corrected chi connectivity index (χ3v) is 3.87. The van der Waals surface area contributed by atoms with Crippen molar-refractivity contribution in [3.05, 3.63) is 17.5 Å². The Morgan fingerprint density at radius 1 is 1.33 bits per heavy atom. The zero-order valence-electron chi connectivity index (χ0n) is 12.2. The highest BCUT2D eigenvalue weighted by molar-refractivity contribution is 7.99. The largest absolute Gasteiger partial charge is 0.464 e. The summed E-state index contributed by atoms with van der Waals surface area (Å²) in [4.78, 5) is 31.9. The molecule has 2 heterocycles. The van der Waals surface area contributed by atoms with Gasteiger partial charge in [0.25, 0.3) is 0 Å². The zero-order valence-corrected chi connectivity index (χ0v) is 13.0. The average molecular weight is 310 g/mol. The van der Waals surface area contributed by atoms with Crippen LogP contribution in [-0.4, -0.2) is 46.4 Å². The molecular weight excluding hydrogens is 292 g/mol. The first-order valence-electron chi connectivity index (χ1n) is 6.68. The van der Waals surface area contributed by atoms with E-state index in [9.17, 15) is 9.59 Å². The van der Waals surface area contributed by atoms with Crippen LogP contribution >= 0.6 is 11.8 Å². The van der Waals surface area contributed by atoms with E-state index in [4.69, 9.17) is 4.74 Å². The third kappa shape index (κ3) is 4.07. The van der Waals surface area contributed by atoms with Gasteiger partial charge in [0.15, 0.2) is 5.16 Å². The summed E-state index contributed by atoms with van der Waals surface area (Å²) < 4.78 is 4.96. The Labute approximate surface area is 127 Å². The van der Waals surface area contributed by atoms with Gasteiger partial charge in [0, 0.05) is 17.1 Å². The van der Waals surface area contributed by atoms with Crippen molar-refractivity contribution in [1.82, 2.24) is 20.6 Å². The van der Waals surface area contributed by atoms with Gasteiger partial charge in [-0.15, -0.1) is 0 Å². The number of aromatic nitrogens is 2. The first kappa shape index (κ1) is 15.6. The van der Waals surface area contributed by atoms with Crippen molar-refractivity contribution in [1.29, 1.82) is 0 Å². The number of rotatable bonds is 5. The summed E-state index contributed by atoms with van der Waals surface area (Å²) in [5.74, 6) is 0.0632. The van der Waals surface area contributed by atoms with Crippen molar-refractivity contribution in [2.24, 2.45) is 0 Å². The number of nitrogens with zero attached hydrogens (tertiary/aromatic N) is 2. The van der Waals surface area contributed by atoms with E-state index in [-0.39, 0.29) is 18.7 Å². The fourth-order valence-electron chi connectivity index (χ4n) is 2.05. The fraction of sp³-hybridized carbons (Fsp3) is 0.538. The predicted molar refractivity (Wildman–Crippen MR) is 78.1 cm³/mol. The van der Waals surface area contributed by atoms with Crippen LogP contribution in [0.4, 0.5) is 4.79 Å². The molecular formula is C13H18N4O3S. The number of carbonyl (C=O) groups excluding carboxylic acids is 2. The van der Waals surface area contributed by atoms with Gasteiger partial charge in [-0.25, -0.2) is 19.6 Å². The van der Waals surface area contributed by atoms with Gasteiger partial charge < -0.3 is 15.4 Å². The molecule has 2 amide bonds. The number of hydrogen-bond acceptors (Lipinski definition) is 6. The Kier molecular flexibility index (Phi) is 5.00. The monoisotopic (exact) mass is 310 g/mol. The van der Waals surface area contributed by atoms with Crippen LogP contribution in [0.5, 0.6) is 0 Å². The quantitative estimate of drug-likeness (QED) is 0.475. The number of amides is 2. The molecule has 1 saturated heterocycles. The summed E-state index contributed by atoms with van der Waals surface area (Å²) in [6.45, 7) is 5.82. The van der Waals surface area contributed by atoms with Crippen LogP contribution in [-0.2, 0) is 9.53 Å². The summed E-state index contributed by atoms with van der Waals surface area (Å²) in [5.41, 5.74) is 1.78. The van der Waals surface area contributed by atoms with Gasteiger partial charge in [0.1, 0.15) is 6.04 Å². The second-order valence-corrected chi connectivity index (χ2v) is 5.69. The van der Waals surface area contributed by atoms with Crippen LogP contribution in [0.1, 0.15) is 18.3 Å². The first-order valence-corrected chi connectivity index (χ1v) is 7.67. The Bertz CT molecular complexity index is 532. The highest BCUT2D eigenvalue weighted by Gasteiger charge is 2.38. The Morgan fingerprint density at radius 2 is 2.00 bits per heavy atom. The molecule has 0 radical (unpaired) electrons. The molecule has 2 N–H and O–H groups in total. The van der Waals surface area contributed by atoms with Crippen LogP contribution in [0.25, 0.3) is 0 Å². The van der Waals surface area contributed by atoms with Crippen molar-refractivity contribution in [2.45, 2.75) is 38.0 Å². The lowest BCUT2D eigenvalue weighted by molar-refractivity contribution is -0.145. The van der Waals surface area contributed by atoms with Crippen LogP contribution in [0.3, 0.4) is 0 Å². The van der Waals surface area contributed by atoms with Gasteiger partial charge in [0.2, 0.25) is 0 Å². The highest BCUT2D eigenvalue weighted by Crippen LogP contribution is 2.18. The molecule has 1 aromatic rings. The number of carbonyl (C=O) groups is 2. The minimum atomic E-state index is -0.671. The van der Waals surface area contributed by atoms with E-state index in [1.807, 2.05) is 19.9 Å². The zero-order chi connectivity index (χ0) is 15.4. The van der Waals surface area contributed by atoms with Gasteiger partial charge in [-0.05, 0) is 26.8 Å². The number of esters is 1. The molecule has 0 aliphatic carbocycles. The smallest absolute Gasteiger partial charge is 0.330 e. The van der Waals surface area contributed by atoms with Crippen molar-refractivity contribution in [2.75, 3.05) is 12.4 Å². The van der Waals surface area contributed by atoms with E-state index >= 15 is 0 Å².